The van der Waals surface area contributed by atoms with Crippen molar-refractivity contribution in [2.75, 3.05) is 33.3 Å². The summed E-state index contributed by atoms with van der Waals surface area (Å²) in [6, 6.07) is 0. The minimum Gasteiger partial charge on any atom is -0.468 e. The van der Waals surface area contributed by atoms with E-state index in [1.54, 1.807) is 0 Å². The lowest BCUT2D eigenvalue weighted by atomic mass is 9.91. The molecule has 1 N–H and O–H groups in total. The first-order valence-electron chi connectivity index (χ1n) is 7.69. The number of nitrogens with zero attached hydrogens (tertiary/aromatic N) is 1. The molecule has 4 nitrogen and oxygen atoms in total. The summed E-state index contributed by atoms with van der Waals surface area (Å²) in [5, 5.41) is 3.33. The van der Waals surface area contributed by atoms with Crippen LogP contribution in [-0.2, 0) is 9.53 Å². The minimum absolute atomic E-state index is 0.0788. The van der Waals surface area contributed by atoms with E-state index in [0.717, 1.165) is 39.0 Å². The van der Waals surface area contributed by atoms with E-state index in [0.29, 0.717) is 0 Å². The van der Waals surface area contributed by atoms with Gasteiger partial charge in [0.15, 0.2) is 0 Å². The molecule has 4 heteroatoms. The van der Waals surface area contributed by atoms with Crippen LogP contribution in [0.5, 0.6) is 0 Å². The van der Waals surface area contributed by atoms with Crippen molar-refractivity contribution in [2.24, 2.45) is 0 Å². The maximum Gasteiger partial charge on any atom is 0.325 e. The van der Waals surface area contributed by atoms with Crippen molar-refractivity contribution in [1.82, 2.24) is 10.2 Å². The molecule has 0 aliphatic carbocycles. The number of carbonyl (C=O) groups excluding carboxylic acids is 1. The van der Waals surface area contributed by atoms with Crippen molar-refractivity contribution in [2.45, 2.75) is 57.9 Å². The molecule has 1 unspecified atom stereocenters. The second-order valence-corrected chi connectivity index (χ2v) is 5.67. The van der Waals surface area contributed by atoms with Crippen LogP contribution in [0.4, 0.5) is 0 Å². The first kappa shape index (κ1) is 16.4. The summed E-state index contributed by atoms with van der Waals surface area (Å²) in [4.78, 5) is 14.5. The zero-order valence-electron chi connectivity index (χ0n) is 12.8. The van der Waals surface area contributed by atoms with Crippen LogP contribution in [0.25, 0.3) is 0 Å². The zero-order valence-corrected chi connectivity index (χ0v) is 12.8. The van der Waals surface area contributed by atoms with E-state index in [4.69, 9.17) is 4.74 Å². The number of esters is 1. The molecular weight excluding hydrogens is 240 g/mol. The molecule has 0 bridgehead atoms. The molecule has 0 aromatic heterocycles. The lowest BCUT2D eigenvalue weighted by molar-refractivity contribution is -0.155. The quantitative estimate of drug-likeness (QED) is 0.542. The van der Waals surface area contributed by atoms with Gasteiger partial charge in [-0.05, 0) is 13.3 Å². The molecule has 0 radical (unpaired) electrons. The molecular formula is C15H30N2O2. The molecule has 0 aromatic rings. The largest absolute Gasteiger partial charge is 0.468 e. The lowest BCUT2D eigenvalue weighted by Crippen LogP contribution is -2.59. The molecule has 1 atom stereocenters. The molecule has 1 heterocycles. The van der Waals surface area contributed by atoms with Gasteiger partial charge in [-0.1, -0.05) is 39.0 Å². The van der Waals surface area contributed by atoms with Gasteiger partial charge in [-0.15, -0.1) is 0 Å². The molecule has 1 aliphatic heterocycles. The predicted octanol–water partition coefficient (Wildman–Crippen LogP) is 2.18. The van der Waals surface area contributed by atoms with E-state index in [1.165, 1.54) is 32.8 Å². The van der Waals surface area contributed by atoms with Crippen LogP contribution in [0.15, 0.2) is 0 Å². The number of nitrogens with one attached hydrogen (secondary N) is 1. The standard InChI is InChI=1S/C15H30N2O2/c1-4-5-6-7-8-9-15(2,14(18)19-3)17-12-10-16-11-13-17/h16H,4-13H2,1-3H3. The van der Waals surface area contributed by atoms with Gasteiger partial charge >= 0.3 is 5.97 Å². The normalized spacial score (nSPS) is 19.9. The van der Waals surface area contributed by atoms with E-state index in [1.807, 2.05) is 6.92 Å². The lowest BCUT2D eigenvalue weighted by Gasteiger charge is -2.41. The van der Waals surface area contributed by atoms with E-state index < -0.39 is 5.54 Å². The predicted molar refractivity (Wildman–Crippen MR) is 78.2 cm³/mol. The highest BCUT2D eigenvalue weighted by molar-refractivity contribution is 5.80. The first-order valence-corrected chi connectivity index (χ1v) is 7.69. The fraction of sp³-hybridized carbons (Fsp3) is 0.933. The molecule has 1 rings (SSSR count). The topological polar surface area (TPSA) is 41.6 Å². The Morgan fingerprint density at radius 1 is 1.21 bits per heavy atom. The van der Waals surface area contributed by atoms with Gasteiger partial charge in [-0.2, -0.15) is 0 Å². The summed E-state index contributed by atoms with van der Waals surface area (Å²) >= 11 is 0. The van der Waals surface area contributed by atoms with E-state index in [9.17, 15) is 4.79 Å². The van der Waals surface area contributed by atoms with Gasteiger partial charge < -0.3 is 10.1 Å². The average molecular weight is 270 g/mol. The van der Waals surface area contributed by atoms with Crippen molar-refractivity contribution >= 4 is 5.97 Å². The number of hydrogen-bond donors (Lipinski definition) is 1. The van der Waals surface area contributed by atoms with Crippen molar-refractivity contribution in [3.05, 3.63) is 0 Å². The molecule has 0 spiro atoms. The number of unbranched alkanes of at least 4 members (excludes halogenated alkanes) is 4. The Labute approximate surface area is 117 Å². The number of rotatable bonds is 8. The molecule has 0 amide bonds. The second-order valence-electron chi connectivity index (χ2n) is 5.67. The Morgan fingerprint density at radius 3 is 2.42 bits per heavy atom. The molecule has 1 saturated heterocycles. The van der Waals surface area contributed by atoms with Gasteiger partial charge in [0.05, 0.1) is 7.11 Å². The summed E-state index contributed by atoms with van der Waals surface area (Å²) in [6.07, 6.45) is 7.05. The van der Waals surface area contributed by atoms with Crippen LogP contribution < -0.4 is 5.32 Å². The summed E-state index contributed by atoms with van der Waals surface area (Å²) < 4.78 is 5.05. The van der Waals surface area contributed by atoms with Gasteiger partial charge in [0, 0.05) is 26.2 Å². The average Bonchev–Trinajstić information content (AvgIpc) is 2.46. The van der Waals surface area contributed by atoms with Gasteiger partial charge in [0.25, 0.3) is 0 Å². The van der Waals surface area contributed by atoms with Crippen molar-refractivity contribution in [3.63, 3.8) is 0 Å². The fourth-order valence-corrected chi connectivity index (χ4v) is 2.84. The van der Waals surface area contributed by atoms with E-state index in [-0.39, 0.29) is 5.97 Å². The Hall–Kier alpha value is -0.610. The smallest absolute Gasteiger partial charge is 0.325 e. The molecule has 112 valence electrons. The highest BCUT2D eigenvalue weighted by atomic mass is 16.5. The van der Waals surface area contributed by atoms with Gasteiger partial charge in [-0.25, -0.2) is 0 Å². The van der Waals surface area contributed by atoms with Crippen LogP contribution >= 0.6 is 0 Å². The number of ether oxygens (including phenoxy) is 1. The third-order valence-electron chi connectivity index (χ3n) is 4.21. The third kappa shape index (κ3) is 4.77. The summed E-state index contributed by atoms with van der Waals surface area (Å²) in [6.45, 7) is 8.05. The summed E-state index contributed by atoms with van der Waals surface area (Å²) in [5.41, 5.74) is -0.441. The SMILES string of the molecule is CCCCCCCC(C)(C(=O)OC)N1CCNCC1. The number of piperazine rings is 1. The van der Waals surface area contributed by atoms with Crippen LogP contribution in [0.3, 0.4) is 0 Å². The maximum atomic E-state index is 12.2. The Kier molecular flexibility index (Phi) is 7.39. The Balaban J connectivity index is 2.51. The van der Waals surface area contributed by atoms with Crippen LogP contribution in [0, 0.1) is 0 Å². The second kappa shape index (κ2) is 8.54. The molecule has 0 saturated carbocycles. The molecule has 19 heavy (non-hydrogen) atoms. The summed E-state index contributed by atoms with van der Waals surface area (Å²) in [5.74, 6) is -0.0788. The van der Waals surface area contributed by atoms with Crippen molar-refractivity contribution in [1.29, 1.82) is 0 Å². The minimum atomic E-state index is -0.441. The molecule has 1 aliphatic rings. The Morgan fingerprint density at radius 2 is 1.84 bits per heavy atom. The molecule has 0 aromatic carbocycles. The maximum absolute atomic E-state index is 12.2. The monoisotopic (exact) mass is 270 g/mol. The van der Waals surface area contributed by atoms with Crippen LogP contribution in [-0.4, -0.2) is 49.7 Å². The van der Waals surface area contributed by atoms with E-state index in [2.05, 4.69) is 17.1 Å². The number of hydrogen-bond acceptors (Lipinski definition) is 4. The molecule has 1 fully saturated rings. The third-order valence-corrected chi connectivity index (χ3v) is 4.21. The van der Waals surface area contributed by atoms with Crippen LogP contribution in [0.1, 0.15) is 52.4 Å². The number of methoxy groups -OCH3 is 1. The first-order chi connectivity index (χ1) is 9.15. The fourth-order valence-electron chi connectivity index (χ4n) is 2.84. The van der Waals surface area contributed by atoms with E-state index >= 15 is 0 Å². The van der Waals surface area contributed by atoms with Gasteiger partial charge in [-0.3, -0.25) is 9.69 Å². The van der Waals surface area contributed by atoms with Crippen molar-refractivity contribution < 1.29 is 9.53 Å². The van der Waals surface area contributed by atoms with Crippen molar-refractivity contribution in [3.8, 4) is 0 Å². The number of carbonyl (C=O) groups is 1. The van der Waals surface area contributed by atoms with Crippen LogP contribution in [0.2, 0.25) is 0 Å². The van der Waals surface area contributed by atoms with Gasteiger partial charge in [0.1, 0.15) is 5.54 Å². The highest BCUT2D eigenvalue weighted by Crippen LogP contribution is 2.25. The Bertz CT molecular complexity index is 265. The van der Waals surface area contributed by atoms with Gasteiger partial charge in [0.2, 0.25) is 0 Å². The highest BCUT2D eigenvalue weighted by Gasteiger charge is 2.40. The zero-order chi connectivity index (χ0) is 14.1. The summed E-state index contributed by atoms with van der Waals surface area (Å²) in [7, 11) is 1.50.